The largest absolute Gasteiger partial charge is 0.503 e. The topological polar surface area (TPSA) is 113 Å². The van der Waals surface area contributed by atoms with Crippen LogP contribution in [0.4, 0.5) is 13.2 Å². The number of hydrogen-bond acceptors (Lipinski definition) is 6. The number of hydrogen-bond donors (Lipinski definition) is 2. The fraction of sp³-hybridized carbons (Fsp3) is 0.462. The number of benzene rings is 1. The van der Waals surface area contributed by atoms with Crippen LogP contribution >= 0.6 is 0 Å². The number of nitrogens with one attached hydrogen (secondary N) is 1. The van der Waals surface area contributed by atoms with E-state index >= 15 is 0 Å². The molecule has 1 fully saturated rings. The minimum Gasteiger partial charge on any atom is -0.503 e. The summed E-state index contributed by atoms with van der Waals surface area (Å²) in [5, 5.41) is 17.1. The number of aromatic nitrogens is 1. The molecule has 3 aliphatic heterocycles. The van der Waals surface area contributed by atoms with Gasteiger partial charge in [0.15, 0.2) is 17.0 Å². The number of oxime groups is 1. The molecule has 2 N–H and O–H groups in total. The zero-order valence-corrected chi connectivity index (χ0v) is 21.1. The molecule has 0 aliphatic carbocycles. The molecule has 9 nitrogen and oxygen atoms in total. The Labute approximate surface area is 215 Å². The number of pyridine rings is 1. The van der Waals surface area contributed by atoms with Crippen LogP contribution in [-0.4, -0.2) is 56.5 Å². The van der Waals surface area contributed by atoms with Crippen LogP contribution in [0.15, 0.2) is 28.3 Å². The molecule has 2 bridgehead atoms. The van der Waals surface area contributed by atoms with Gasteiger partial charge in [0.05, 0.1) is 11.8 Å². The number of carbonyl (C=O) groups is 2. The summed E-state index contributed by atoms with van der Waals surface area (Å²) in [6, 6.07) is 1.27. The summed E-state index contributed by atoms with van der Waals surface area (Å²) in [5.74, 6) is -4.22. The molecule has 202 valence electrons. The maximum absolute atomic E-state index is 14.3. The van der Waals surface area contributed by atoms with Crippen molar-refractivity contribution >= 4 is 17.5 Å². The van der Waals surface area contributed by atoms with E-state index in [1.807, 2.05) is 6.92 Å². The summed E-state index contributed by atoms with van der Waals surface area (Å²) in [7, 11) is 0. The Morgan fingerprint density at radius 2 is 2.00 bits per heavy atom. The van der Waals surface area contributed by atoms with E-state index in [0.717, 1.165) is 18.3 Å². The second-order valence-electron chi connectivity index (χ2n) is 10.3. The molecule has 1 saturated heterocycles. The van der Waals surface area contributed by atoms with E-state index in [2.05, 4.69) is 10.5 Å². The summed E-state index contributed by atoms with van der Waals surface area (Å²) in [4.78, 5) is 46.7. The molecule has 12 heteroatoms. The monoisotopic (exact) mass is 532 g/mol. The second-order valence-corrected chi connectivity index (χ2v) is 10.3. The molecule has 3 aliphatic rings. The van der Waals surface area contributed by atoms with Crippen LogP contribution in [0.1, 0.15) is 71.1 Å². The minimum absolute atomic E-state index is 0.125. The smallest absolute Gasteiger partial charge is 0.274 e. The molecule has 4 heterocycles. The Morgan fingerprint density at radius 1 is 1.32 bits per heavy atom. The van der Waals surface area contributed by atoms with Crippen molar-refractivity contribution < 1.29 is 32.7 Å². The van der Waals surface area contributed by atoms with Crippen molar-refractivity contribution in [3.63, 3.8) is 0 Å². The molecule has 2 amide bonds. The van der Waals surface area contributed by atoms with Crippen molar-refractivity contribution in [2.75, 3.05) is 6.54 Å². The summed E-state index contributed by atoms with van der Waals surface area (Å²) in [6.45, 7) is 4.27. The second kappa shape index (κ2) is 9.17. The van der Waals surface area contributed by atoms with Gasteiger partial charge < -0.3 is 24.7 Å². The average molecular weight is 533 g/mol. The maximum Gasteiger partial charge on any atom is 0.274 e. The van der Waals surface area contributed by atoms with E-state index < -0.39 is 70.1 Å². The third-order valence-electron chi connectivity index (χ3n) is 7.74. The fourth-order valence-electron chi connectivity index (χ4n) is 5.52. The predicted octanol–water partition coefficient (Wildman–Crippen LogP) is 3.12. The zero-order valence-electron chi connectivity index (χ0n) is 21.1. The number of halogens is 3. The van der Waals surface area contributed by atoms with Gasteiger partial charge in [0.2, 0.25) is 5.43 Å². The molecule has 38 heavy (non-hydrogen) atoms. The minimum atomic E-state index is -1.36. The summed E-state index contributed by atoms with van der Waals surface area (Å²) in [6.07, 6.45) is 0.826. The van der Waals surface area contributed by atoms with E-state index in [-0.39, 0.29) is 30.4 Å². The highest BCUT2D eigenvalue weighted by atomic mass is 19.1. The summed E-state index contributed by atoms with van der Waals surface area (Å²) >= 11 is 0. The maximum atomic E-state index is 14.3. The van der Waals surface area contributed by atoms with Crippen molar-refractivity contribution in [2.24, 2.45) is 5.16 Å². The van der Waals surface area contributed by atoms with E-state index in [0.29, 0.717) is 18.4 Å². The first-order valence-electron chi connectivity index (χ1n) is 12.3. The number of fused-ring (bicyclic) bond motifs is 5. The molecular formula is C26H27F3N4O5. The lowest BCUT2D eigenvalue weighted by atomic mass is 9.83. The fourth-order valence-corrected chi connectivity index (χ4v) is 5.52. The van der Waals surface area contributed by atoms with Gasteiger partial charge in [0.1, 0.15) is 23.4 Å². The van der Waals surface area contributed by atoms with E-state index in [9.17, 15) is 32.7 Å². The first-order chi connectivity index (χ1) is 17.9. The standard InChI is InChI=1S/C26H27F3N4O5/c1-12-6-17(28)15(18(29)7-12)9-30-24(36)16-10-33-20-11-32(25(37)21(33)23(35)22(16)34)13(2)4-5-26(20)8-19(14(3)27)31-38-26/h6-7,10,13-14,20,35H,4-5,8-9,11H2,1-3H3,(H,30,36)/t13-,14+,20+,26-/m0/s1. The number of aromatic hydroxyl groups is 1. The van der Waals surface area contributed by atoms with Gasteiger partial charge in [-0.15, -0.1) is 0 Å². The van der Waals surface area contributed by atoms with Crippen molar-refractivity contribution in [1.29, 1.82) is 0 Å². The Hall–Kier alpha value is -3.83. The highest BCUT2D eigenvalue weighted by molar-refractivity contribution is 5.99. The summed E-state index contributed by atoms with van der Waals surface area (Å²) in [5.41, 5.74) is -2.83. The molecule has 4 atom stereocenters. The number of alkyl halides is 1. The van der Waals surface area contributed by atoms with E-state index in [4.69, 9.17) is 4.84 Å². The highest BCUT2D eigenvalue weighted by Crippen LogP contribution is 2.46. The highest BCUT2D eigenvalue weighted by Gasteiger charge is 2.54. The molecule has 0 unspecified atom stereocenters. The van der Waals surface area contributed by atoms with Crippen LogP contribution in [-0.2, 0) is 11.4 Å². The normalized spacial score (nSPS) is 24.9. The van der Waals surface area contributed by atoms with Gasteiger partial charge in [-0.05, 0) is 51.3 Å². The van der Waals surface area contributed by atoms with Gasteiger partial charge in [0.25, 0.3) is 11.8 Å². The molecule has 2 aromatic rings. The van der Waals surface area contributed by atoms with Gasteiger partial charge in [-0.2, -0.15) is 0 Å². The lowest BCUT2D eigenvalue weighted by Gasteiger charge is -2.41. The van der Waals surface area contributed by atoms with Crippen LogP contribution in [0.3, 0.4) is 0 Å². The first-order valence-corrected chi connectivity index (χ1v) is 12.3. The van der Waals surface area contributed by atoms with Crippen molar-refractivity contribution in [1.82, 2.24) is 14.8 Å². The lowest BCUT2D eigenvalue weighted by Crippen LogP contribution is -2.52. The van der Waals surface area contributed by atoms with Crippen LogP contribution in [0.2, 0.25) is 0 Å². The molecular weight excluding hydrogens is 505 g/mol. The van der Waals surface area contributed by atoms with Crippen LogP contribution in [0.5, 0.6) is 5.75 Å². The van der Waals surface area contributed by atoms with Gasteiger partial charge in [0, 0.05) is 37.3 Å². The van der Waals surface area contributed by atoms with Crippen molar-refractivity contribution in [2.45, 2.75) is 70.4 Å². The molecule has 0 saturated carbocycles. The average Bonchev–Trinajstić information content (AvgIpc) is 3.24. The van der Waals surface area contributed by atoms with Crippen molar-refractivity contribution in [3.05, 3.63) is 62.6 Å². The van der Waals surface area contributed by atoms with Crippen LogP contribution in [0.25, 0.3) is 0 Å². The molecule has 1 aromatic carbocycles. The lowest BCUT2D eigenvalue weighted by molar-refractivity contribution is -0.0655. The van der Waals surface area contributed by atoms with Gasteiger partial charge in [-0.25, -0.2) is 13.2 Å². The Bertz CT molecular complexity index is 1420. The first kappa shape index (κ1) is 25.8. The number of rotatable bonds is 4. The number of amides is 2. The number of carbonyl (C=O) groups excluding carboxylic acids is 2. The van der Waals surface area contributed by atoms with Crippen molar-refractivity contribution in [3.8, 4) is 5.75 Å². The molecule has 1 aromatic heterocycles. The zero-order chi connectivity index (χ0) is 27.5. The van der Waals surface area contributed by atoms with E-state index in [1.165, 1.54) is 23.3 Å². The number of aryl methyl sites for hydroxylation is 1. The molecule has 1 spiro atoms. The SMILES string of the molecule is Cc1cc(F)c(CNC(=O)c2cn3c(c(O)c2=O)C(=O)N2C[C@@H]3[C@]3(CC[C@@H]2C)CC([C@@H](C)F)=NO3)c(F)c1. The number of nitrogens with zero attached hydrogens (tertiary/aromatic N) is 3. The van der Waals surface area contributed by atoms with Gasteiger partial charge >= 0.3 is 0 Å². The van der Waals surface area contributed by atoms with Crippen LogP contribution in [0, 0.1) is 18.6 Å². The molecule has 0 radical (unpaired) electrons. The van der Waals surface area contributed by atoms with Gasteiger partial charge in [-0.3, -0.25) is 14.4 Å². The Kier molecular flexibility index (Phi) is 6.23. The van der Waals surface area contributed by atoms with E-state index in [1.54, 1.807) is 0 Å². The third kappa shape index (κ3) is 4.02. The summed E-state index contributed by atoms with van der Waals surface area (Å²) < 4.78 is 44.0. The third-order valence-corrected chi connectivity index (χ3v) is 7.74. The quantitative estimate of drug-likeness (QED) is 0.629. The molecule has 5 rings (SSSR count). The van der Waals surface area contributed by atoms with Crippen LogP contribution < -0.4 is 10.7 Å². The Balaban J connectivity index is 1.55. The predicted molar refractivity (Wildman–Crippen MR) is 130 cm³/mol. The van der Waals surface area contributed by atoms with Gasteiger partial charge in [-0.1, -0.05) is 5.16 Å². The Morgan fingerprint density at radius 3 is 2.63 bits per heavy atom.